The Morgan fingerprint density at radius 1 is 1.36 bits per heavy atom. The van der Waals surface area contributed by atoms with E-state index in [0.29, 0.717) is 10.6 Å². The van der Waals surface area contributed by atoms with E-state index in [9.17, 15) is 9.59 Å². The zero-order valence-electron chi connectivity index (χ0n) is 12.2. The van der Waals surface area contributed by atoms with Crippen LogP contribution in [-0.2, 0) is 4.79 Å². The Balaban J connectivity index is 1.96. The number of nitrogens with one attached hydrogen (secondary N) is 1. The van der Waals surface area contributed by atoms with Gasteiger partial charge in [-0.15, -0.1) is 11.3 Å². The van der Waals surface area contributed by atoms with E-state index in [1.165, 1.54) is 11.3 Å². The average Bonchev–Trinajstić information content (AvgIpc) is 2.92. The molecule has 6 nitrogen and oxygen atoms in total. The van der Waals surface area contributed by atoms with Gasteiger partial charge in [0.15, 0.2) is 6.61 Å². The first-order valence-electron chi connectivity index (χ1n) is 6.63. The number of thiazole rings is 1. The van der Waals surface area contributed by atoms with Crippen LogP contribution in [0.3, 0.4) is 0 Å². The Hall–Kier alpha value is -2.41. The van der Waals surface area contributed by atoms with Gasteiger partial charge in [0.1, 0.15) is 10.6 Å². The predicted octanol–water partition coefficient (Wildman–Crippen LogP) is 2.41. The summed E-state index contributed by atoms with van der Waals surface area (Å²) in [4.78, 5) is 27.1. The minimum Gasteiger partial charge on any atom is -0.482 e. The van der Waals surface area contributed by atoms with Gasteiger partial charge in [-0.2, -0.15) is 0 Å². The third-order valence-corrected chi connectivity index (χ3v) is 3.85. The number of aromatic nitrogens is 1. The fraction of sp³-hybridized carbons (Fsp3) is 0.267. The van der Waals surface area contributed by atoms with Crippen LogP contribution in [0.15, 0.2) is 30.5 Å². The summed E-state index contributed by atoms with van der Waals surface area (Å²) in [6.07, 6.45) is 1.56. The molecule has 1 atom stereocenters. The van der Waals surface area contributed by atoms with Crippen LogP contribution in [0, 0.1) is 6.92 Å². The van der Waals surface area contributed by atoms with Gasteiger partial charge in [0, 0.05) is 0 Å². The smallest absolute Gasteiger partial charge is 0.341 e. The molecule has 7 heteroatoms. The molecule has 1 aromatic carbocycles. The lowest BCUT2D eigenvalue weighted by molar-refractivity contribution is -0.139. The Morgan fingerprint density at radius 3 is 2.59 bits per heavy atom. The summed E-state index contributed by atoms with van der Waals surface area (Å²) in [6, 6.07) is 6.76. The molecular weight excluding hydrogens is 304 g/mol. The Morgan fingerprint density at radius 2 is 2.05 bits per heavy atom. The standard InChI is InChI=1S/C15H16N2O4S/c1-9(17-15(20)13-7-16-10(2)22-13)11-3-5-12(6-4-11)21-8-14(18)19/h3-7,9H,8H2,1-2H3,(H,17,20)(H,18,19). The molecule has 2 rings (SSSR count). The average molecular weight is 320 g/mol. The molecule has 1 heterocycles. The highest BCUT2D eigenvalue weighted by molar-refractivity contribution is 7.13. The van der Waals surface area contributed by atoms with E-state index in [2.05, 4.69) is 10.3 Å². The lowest BCUT2D eigenvalue weighted by atomic mass is 10.1. The van der Waals surface area contributed by atoms with Gasteiger partial charge in [0.25, 0.3) is 5.91 Å². The van der Waals surface area contributed by atoms with E-state index >= 15 is 0 Å². The summed E-state index contributed by atoms with van der Waals surface area (Å²) in [7, 11) is 0. The highest BCUT2D eigenvalue weighted by atomic mass is 32.1. The molecule has 1 amide bonds. The van der Waals surface area contributed by atoms with Crippen molar-refractivity contribution in [2.45, 2.75) is 19.9 Å². The SMILES string of the molecule is Cc1ncc(C(=O)NC(C)c2ccc(OCC(=O)O)cc2)s1. The molecule has 1 unspecified atom stereocenters. The quantitative estimate of drug-likeness (QED) is 0.853. The number of nitrogens with zero attached hydrogens (tertiary/aromatic N) is 1. The number of amides is 1. The van der Waals surface area contributed by atoms with Crippen molar-refractivity contribution >= 4 is 23.2 Å². The lowest BCUT2D eigenvalue weighted by Crippen LogP contribution is -2.25. The molecule has 0 saturated carbocycles. The Bertz CT molecular complexity index is 666. The summed E-state index contributed by atoms with van der Waals surface area (Å²) >= 11 is 1.35. The van der Waals surface area contributed by atoms with Gasteiger partial charge in [-0.25, -0.2) is 9.78 Å². The molecule has 0 spiro atoms. The molecular formula is C15H16N2O4S. The van der Waals surface area contributed by atoms with E-state index in [1.807, 2.05) is 13.8 Å². The van der Waals surface area contributed by atoms with Crippen molar-refractivity contribution < 1.29 is 19.4 Å². The van der Waals surface area contributed by atoms with Crippen molar-refractivity contribution in [2.24, 2.45) is 0 Å². The third kappa shape index (κ3) is 4.29. The first kappa shape index (κ1) is 16.0. The molecule has 0 fully saturated rings. The van der Waals surface area contributed by atoms with Crippen LogP contribution in [0.1, 0.15) is 33.2 Å². The number of carboxylic acids is 1. The third-order valence-electron chi connectivity index (χ3n) is 2.94. The molecule has 22 heavy (non-hydrogen) atoms. The number of aryl methyl sites for hydroxylation is 1. The van der Waals surface area contributed by atoms with Crippen molar-refractivity contribution in [3.63, 3.8) is 0 Å². The van der Waals surface area contributed by atoms with Crippen LogP contribution in [-0.4, -0.2) is 28.6 Å². The number of carboxylic acid groups (broad SMARTS) is 1. The number of aliphatic carboxylic acids is 1. The van der Waals surface area contributed by atoms with Crippen LogP contribution in [0.4, 0.5) is 0 Å². The van der Waals surface area contributed by atoms with Gasteiger partial charge >= 0.3 is 5.97 Å². The summed E-state index contributed by atoms with van der Waals surface area (Å²) < 4.78 is 5.06. The van der Waals surface area contributed by atoms with Crippen molar-refractivity contribution in [2.75, 3.05) is 6.61 Å². The van der Waals surface area contributed by atoms with Crippen LogP contribution < -0.4 is 10.1 Å². The second-order valence-corrected chi connectivity index (χ2v) is 5.92. The summed E-state index contributed by atoms with van der Waals surface area (Å²) in [5, 5.41) is 12.3. The summed E-state index contributed by atoms with van der Waals surface area (Å²) in [5.41, 5.74) is 0.900. The Labute approximate surface area is 131 Å². The molecule has 0 radical (unpaired) electrons. The largest absolute Gasteiger partial charge is 0.482 e. The van der Waals surface area contributed by atoms with Gasteiger partial charge in [0.05, 0.1) is 17.2 Å². The van der Waals surface area contributed by atoms with Crippen LogP contribution in [0.2, 0.25) is 0 Å². The van der Waals surface area contributed by atoms with Crippen molar-refractivity contribution in [1.29, 1.82) is 0 Å². The fourth-order valence-electron chi connectivity index (χ4n) is 1.82. The first-order valence-corrected chi connectivity index (χ1v) is 7.45. The molecule has 2 N–H and O–H groups in total. The van der Waals surface area contributed by atoms with E-state index in [0.717, 1.165) is 10.6 Å². The van der Waals surface area contributed by atoms with Crippen molar-refractivity contribution in [3.8, 4) is 5.75 Å². The van der Waals surface area contributed by atoms with Gasteiger partial charge in [-0.3, -0.25) is 4.79 Å². The molecule has 0 saturated heterocycles. The van der Waals surface area contributed by atoms with E-state index in [4.69, 9.17) is 9.84 Å². The predicted molar refractivity (Wildman–Crippen MR) is 82.3 cm³/mol. The number of benzene rings is 1. The lowest BCUT2D eigenvalue weighted by Gasteiger charge is -2.14. The number of hydrogen-bond donors (Lipinski definition) is 2. The molecule has 116 valence electrons. The van der Waals surface area contributed by atoms with Crippen LogP contribution in [0.5, 0.6) is 5.75 Å². The highest BCUT2D eigenvalue weighted by Gasteiger charge is 2.13. The molecule has 0 aliphatic carbocycles. The maximum atomic E-state index is 12.1. The number of hydrogen-bond acceptors (Lipinski definition) is 5. The fourth-order valence-corrected chi connectivity index (χ4v) is 2.50. The number of ether oxygens (including phenoxy) is 1. The number of rotatable bonds is 6. The number of carbonyl (C=O) groups excluding carboxylic acids is 1. The zero-order chi connectivity index (χ0) is 16.1. The van der Waals surface area contributed by atoms with Crippen molar-refractivity contribution in [3.05, 3.63) is 45.9 Å². The molecule has 1 aromatic heterocycles. The van der Waals surface area contributed by atoms with Crippen molar-refractivity contribution in [1.82, 2.24) is 10.3 Å². The van der Waals surface area contributed by atoms with Gasteiger partial charge in [0.2, 0.25) is 0 Å². The highest BCUT2D eigenvalue weighted by Crippen LogP contribution is 2.19. The zero-order valence-corrected chi connectivity index (χ0v) is 13.0. The first-order chi connectivity index (χ1) is 10.5. The second-order valence-electron chi connectivity index (χ2n) is 4.69. The molecule has 2 aromatic rings. The summed E-state index contributed by atoms with van der Waals surface area (Å²) in [5.74, 6) is -0.711. The van der Waals surface area contributed by atoms with Crippen LogP contribution in [0.25, 0.3) is 0 Å². The second kappa shape index (κ2) is 7.04. The normalized spacial score (nSPS) is 11.7. The molecule has 0 aliphatic heterocycles. The minimum atomic E-state index is -1.02. The van der Waals surface area contributed by atoms with E-state index < -0.39 is 5.97 Å². The van der Waals surface area contributed by atoms with Gasteiger partial charge in [-0.05, 0) is 31.5 Å². The van der Waals surface area contributed by atoms with E-state index in [1.54, 1.807) is 30.5 Å². The van der Waals surface area contributed by atoms with Crippen LogP contribution >= 0.6 is 11.3 Å². The Kier molecular flexibility index (Phi) is 5.11. The topological polar surface area (TPSA) is 88.5 Å². The molecule has 0 aliphatic rings. The molecule has 0 bridgehead atoms. The van der Waals surface area contributed by atoms with E-state index in [-0.39, 0.29) is 18.6 Å². The summed E-state index contributed by atoms with van der Waals surface area (Å²) in [6.45, 7) is 3.34. The maximum Gasteiger partial charge on any atom is 0.341 e. The number of carbonyl (C=O) groups is 2. The minimum absolute atomic E-state index is 0.163. The van der Waals surface area contributed by atoms with Gasteiger partial charge in [-0.1, -0.05) is 12.1 Å². The van der Waals surface area contributed by atoms with Gasteiger partial charge < -0.3 is 15.2 Å². The maximum absolute atomic E-state index is 12.1. The monoisotopic (exact) mass is 320 g/mol.